The first kappa shape index (κ1) is 12.2. The average Bonchev–Trinajstić information content (AvgIpc) is 2.78. The highest BCUT2D eigenvalue weighted by Gasteiger charge is 2.15. The molecule has 0 radical (unpaired) electrons. The molecule has 1 aromatic heterocycles. The Labute approximate surface area is 107 Å². The van der Waals surface area contributed by atoms with E-state index < -0.39 is 0 Å². The van der Waals surface area contributed by atoms with Crippen molar-refractivity contribution in [2.75, 3.05) is 11.9 Å². The number of rotatable bonds is 4. The van der Waals surface area contributed by atoms with Crippen molar-refractivity contribution < 1.29 is 0 Å². The van der Waals surface area contributed by atoms with Crippen LogP contribution < -0.4 is 11.1 Å². The minimum absolute atomic E-state index is 0.319. The third-order valence-electron chi connectivity index (χ3n) is 3.13. The number of aromatic nitrogens is 2. The van der Waals surface area contributed by atoms with Crippen LogP contribution in [0.2, 0.25) is 0 Å². The SMILES string of the molecule is Cc1cc(C(N)=S)nc(NCC2CCCC2)n1. The van der Waals surface area contributed by atoms with Crippen molar-refractivity contribution in [3.8, 4) is 0 Å². The second-order valence-corrected chi connectivity index (χ2v) is 5.05. The summed E-state index contributed by atoms with van der Waals surface area (Å²) in [6, 6.07) is 1.81. The minimum atomic E-state index is 0.319. The number of hydrogen-bond donors (Lipinski definition) is 2. The fourth-order valence-electron chi connectivity index (χ4n) is 2.22. The lowest BCUT2D eigenvalue weighted by molar-refractivity contribution is 0.577. The molecule has 2 rings (SSSR count). The fourth-order valence-corrected chi connectivity index (χ4v) is 2.33. The van der Waals surface area contributed by atoms with Crippen molar-refractivity contribution in [3.63, 3.8) is 0 Å². The van der Waals surface area contributed by atoms with Crippen LogP contribution in [0.4, 0.5) is 5.95 Å². The summed E-state index contributed by atoms with van der Waals surface area (Å²) in [6.45, 7) is 2.87. The molecule has 0 aliphatic heterocycles. The summed E-state index contributed by atoms with van der Waals surface area (Å²) in [4.78, 5) is 8.96. The highest BCUT2D eigenvalue weighted by Crippen LogP contribution is 2.24. The molecule has 1 fully saturated rings. The van der Waals surface area contributed by atoms with Crippen LogP contribution in [0.15, 0.2) is 6.07 Å². The molecule has 1 aliphatic carbocycles. The van der Waals surface area contributed by atoms with E-state index in [0.29, 0.717) is 16.6 Å². The van der Waals surface area contributed by atoms with Gasteiger partial charge in [0.05, 0.1) is 0 Å². The molecule has 0 unspecified atom stereocenters. The van der Waals surface area contributed by atoms with E-state index in [0.717, 1.165) is 18.2 Å². The molecule has 1 saturated carbocycles. The zero-order chi connectivity index (χ0) is 12.3. The third kappa shape index (κ3) is 3.36. The Morgan fingerprint density at radius 1 is 1.47 bits per heavy atom. The monoisotopic (exact) mass is 250 g/mol. The van der Waals surface area contributed by atoms with Crippen LogP contribution in [-0.2, 0) is 0 Å². The van der Waals surface area contributed by atoms with Crippen LogP contribution >= 0.6 is 12.2 Å². The molecule has 0 spiro atoms. The number of nitrogens with zero attached hydrogens (tertiary/aromatic N) is 2. The van der Waals surface area contributed by atoms with Gasteiger partial charge in [0, 0.05) is 12.2 Å². The van der Waals surface area contributed by atoms with E-state index in [-0.39, 0.29) is 0 Å². The van der Waals surface area contributed by atoms with Gasteiger partial charge in [0.15, 0.2) is 0 Å². The predicted octanol–water partition coefficient (Wildman–Crippen LogP) is 2.02. The van der Waals surface area contributed by atoms with Crippen LogP contribution in [-0.4, -0.2) is 21.5 Å². The summed E-state index contributed by atoms with van der Waals surface area (Å²) in [5.74, 6) is 1.40. The van der Waals surface area contributed by atoms with Crippen molar-refractivity contribution in [1.82, 2.24) is 9.97 Å². The summed E-state index contributed by atoms with van der Waals surface area (Å²) in [6.07, 6.45) is 5.31. The maximum atomic E-state index is 5.58. The van der Waals surface area contributed by atoms with Gasteiger partial charge in [0.2, 0.25) is 5.95 Å². The molecule has 0 saturated heterocycles. The quantitative estimate of drug-likeness (QED) is 0.800. The Morgan fingerprint density at radius 2 is 2.18 bits per heavy atom. The molecular formula is C12H18N4S. The number of nitrogens with two attached hydrogens (primary N) is 1. The van der Waals surface area contributed by atoms with Crippen LogP contribution in [0.1, 0.15) is 37.1 Å². The largest absolute Gasteiger partial charge is 0.388 e. The topological polar surface area (TPSA) is 63.8 Å². The van der Waals surface area contributed by atoms with Gasteiger partial charge >= 0.3 is 0 Å². The Kier molecular flexibility index (Phi) is 3.89. The molecule has 1 heterocycles. The van der Waals surface area contributed by atoms with Gasteiger partial charge in [-0.15, -0.1) is 0 Å². The highest BCUT2D eigenvalue weighted by atomic mass is 32.1. The molecule has 0 bridgehead atoms. The maximum Gasteiger partial charge on any atom is 0.223 e. The van der Waals surface area contributed by atoms with Gasteiger partial charge in [0.1, 0.15) is 10.7 Å². The molecule has 0 atom stereocenters. The Morgan fingerprint density at radius 3 is 2.82 bits per heavy atom. The van der Waals surface area contributed by atoms with Crippen molar-refractivity contribution in [3.05, 3.63) is 17.5 Å². The second-order valence-electron chi connectivity index (χ2n) is 4.61. The highest BCUT2D eigenvalue weighted by molar-refractivity contribution is 7.80. The van der Waals surface area contributed by atoms with Gasteiger partial charge in [-0.25, -0.2) is 9.97 Å². The molecule has 1 aliphatic rings. The van der Waals surface area contributed by atoms with E-state index in [9.17, 15) is 0 Å². The van der Waals surface area contributed by atoms with Crippen LogP contribution in [0.25, 0.3) is 0 Å². The zero-order valence-corrected chi connectivity index (χ0v) is 10.9. The van der Waals surface area contributed by atoms with Crippen LogP contribution in [0.5, 0.6) is 0 Å². The van der Waals surface area contributed by atoms with Crippen molar-refractivity contribution >= 4 is 23.2 Å². The molecular weight excluding hydrogens is 232 g/mol. The number of anilines is 1. The predicted molar refractivity (Wildman–Crippen MR) is 73.1 cm³/mol. The van der Waals surface area contributed by atoms with E-state index in [2.05, 4.69) is 15.3 Å². The summed E-state index contributed by atoms with van der Waals surface area (Å²) in [7, 11) is 0. The van der Waals surface area contributed by atoms with E-state index in [1.807, 2.05) is 13.0 Å². The fraction of sp³-hybridized carbons (Fsp3) is 0.583. The minimum Gasteiger partial charge on any atom is -0.388 e. The number of thiocarbonyl (C=S) groups is 1. The van der Waals surface area contributed by atoms with E-state index in [1.54, 1.807) is 0 Å². The molecule has 1 aromatic rings. The lowest BCUT2D eigenvalue weighted by atomic mass is 10.1. The van der Waals surface area contributed by atoms with Crippen molar-refractivity contribution in [1.29, 1.82) is 0 Å². The summed E-state index contributed by atoms with van der Waals surface area (Å²) < 4.78 is 0. The second kappa shape index (κ2) is 5.40. The van der Waals surface area contributed by atoms with Gasteiger partial charge in [-0.1, -0.05) is 25.1 Å². The van der Waals surface area contributed by atoms with Gasteiger partial charge in [-0.3, -0.25) is 0 Å². The maximum absolute atomic E-state index is 5.58. The molecule has 4 nitrogen and oxygen atoms in total. The first-order valence-corrected chi connectivity index (χ1v) is 6.45. The Balaban J connectivity index is 2.01. The first-order chi connectivity index (χ1) is 8.15. The number of hydrogen-bond acceptors (Lipinski definition) is 4. The number of aryl methyl sites for hydroxylation is 1. The standard InChI is InChI=1S/C12H18N4S/c1-8-6-10(11(13)17)16-12(15-8)14-7-9-4-2-3-5-9/h6,9H,2-5,7H2,1H3,(H2,13,17)(H,14,15,16). The Hall–Kier alpha value is -1.23. The molecule has 17 heavy (non-hydrogen) atoms. The first-order valence-electron chi connectivity index (χ1n) is 6.04. The van der Waals surface area contributed by atoms with Gasteiger partial charge in [0.25, 0.3) is 0 Å². The summed E-state index contributed by atoms with van der Waals surface area (Å²) in [5, 5.41) is 3.29. The molecule has 3 N–H and O–H groups in total. The van der Waals surface area contributed by atoms with E-state index >= 15 is 0 Å². The summed E-state index contributed by atoms with van der Waals surface area (Å²) >= 11 is 4.93. The van der Waals surface area contributed by atoms with Gasteiger partial charge in [-0.2, -0.15) is 0 Å². The van der Waals surface area contributed by atoms with Crippen molar-refractivity contribution in [2.24, 2.45) is 11.7 Å². The van der Waals surface area contributed by atoms with Gasteiger partial charge in [-0.05, 0) is 31.7 Å². The van der Waals surface area contributed by atoms with Crippen molar-refractivity contribution in [2.45, 2.75) is 32.6 Å². The van der Waals surface area contributed by atoms with E-state index in [4.69, 9.17) is 18.0 Å². The van der Waals surface area contributed by atoms with Crippen LogP contribution in [0, 0.1) is 12.8 Å². The lowest BCUT2D eigenvalue weighted by Gasteiger charge is -2.11. The molecule has 5 heteroatoms. The number of nitrogens with one attached hydrogen (secondary N) is 1. The molecule has 0 amide bonds. The summed E-state index contributed by atoms with van der Waals surface area (Å²) in [5.41, 5.74) is 7.11. The molecule has 0 aromatic carbocycles. The normalized spacial score (nSPS) is 16.1. The third-order valence-corrected chi connectivity index (χ3v) is 3.34. The lowest BCUT2D eigenvalue weighted by Crippen LogP contribution is -2.17. The van der Waals surface area contributed by atoms with E-state index in [1.165, 1.54) is 25.7 Å². The van der Waals surface area contributed by atoms with Crippen LogP contribution in [0.3, 0.4) is 0 Å². The zero-order valence-electron chi connectivity index (χ0n) is 10.1. The molecule has 92 valence electrons. The average molecular weight is 250 g/mol. The smallest absolute Gasteiger partial charge is 0.223 e. The Bertz CT molecular complexity index is 413. The van der Waals surface area contributed by atoms with Gasteiger partial charge < -0.3 is 11.1 Å².